The minimum Gasteiger partial charge on any atom is -0.0651 e. The molecule has 0 bridgehead atoms. The van der Waals surface area contributed by atoms with Gasteiger partial charge < -0.3 is 0 Å². The van der Waals surface area contributed by atoms with Crippen LogP contribution >= 0.6 is 0 Å². The van der Waals surface area contributed by atoms with Gasteiger partial charge in [-0.25, -0.2) is 0 Å². The van der Waals surface area contributed by atoms with E-state index in [1.807, 2.05) is 0 Å². The maximum absolute atomic E-state index is 2.34. The second-order valence-corrected chi connectivity index (χ2v) is 9.73. The minimum absolute atomic E-state index is 0.890. The van der Waals surface area contributed by atoms with Gasteiger partial charge in [0, 0.05) is 0 Å². The highest BCUT2D eigenvalue weighted by molar-refractivity contribution is 5.02. The highest BCUT2D eigenvalue weighted by Gasteiger charge is 2.51. The molecule has 4 saturated carbocycles. The van der Waals surface area contributed by atoms with Gasteiger partial charge in [-0.1, -0.05) is 53.4 Å². The fourth-order valence-electron chi connectivity index (χ4n) is 6.48. The lowest BCUT2D eigenvalue weighted by molar-refractivity contribution is -0.0698. The topological polar surface area (TPSA) is 0 Å². The van der Waals surface area contributed by atoms with Gasteiger partial charge in [0.1, 0.15) is 0 Å². The molecule has 0 N–H and O–H groups in total. The standard InChI is InChI=1S/2C11H20/c2*1-3-9-5-11(6-9)7-10(4-2)8-11/h2*9-10H,3-8H2,1-2H3. The Morgan fingerprint density at radius 2 is 0.636 bits per heavy atom. The van der Waals surface area contributed by atoms with Crippen LogP contribution in [0.1, 0.15) is 105 Å². The number of hydrogen-bond donors (Lipinski definition) is 0. The summed E-state index contributed by atoms with van der Waals surface area (Å²) in [6.07, 6.45) is 18.3. The van der Waals surface area contributed by atoms with E-state index in [1.165, 1.54) is 25.7 Å². The van der Waals surface area contributed by atoms with Crippen molar-refractivity contribution in [2.24, 2.45) is 34.5 Å². The Hall–Kier alpha value is 0. The van der Waals surface area contributed by atoms with Crippen LogP contribution in [-0.2, 0) is 0 Å². The summed E-state index contributed by atoms with van der Waals surface area (Å²) in [4.78, 5) is 0. The molecule has 0 aromatic rings. The van der Waals surface area contributed by atoms with Crippen molar-refractivity contribution in [3.8, 4) is 0 Å². The molecule has 0 heterocycles. The third-order valence-electron chi connectivity index (χ3n) is 8.08. The zero-order chi connectivity index (χ0) is 15.8. The molecule has 4 fully saturated rings. The second-order valence-electron chi connectivity index (χ2n) is 9.73. The van der Waals surface area contributed by atoms with Gasteiger partial charge in [0.25, 0.3) is 0 Å². The van der Waals surface area contributed by atoms with Gasteiger partial charge in [-0.05, 0) is 85.9 Å². The van der Waals surface area contributed by atoms with Crippen molar-refractivity contribution >= 4 is 0 Å². The molecule has 0 radical (unpaired) electrons. The van der Waals surface area contributed by atoms with Crippen molar-refractivity contribution in [2.45, 2.75) is 105 Å². The van der Waals surface area contributed by atoms with E-state index in [0.29, 0.717) is 0 Å². The van der Waals surface area contributed by atoms with E-state index >= 15 is 0 Å². The van der Waals surface area contributed by atoms with Crippen LogP contribution in [0, 0.1) is 34.5 Å². The first-order valence-corrected chi connectivity index (χ1v) is 10.6. The highest BCUT2D eigenvalue weighted by Crippen LogP contribution is 2.63. The van der Waals surface area contributed by atoms with Gasteiger partial charge in [-0.15, -0.1) is 0 Å². The Kier molecular flexibility index (Phi) is 4.96. The number of rotatable bonds is 4. The summed E-state index contributed by atoms with van der Waals surface area (Å²) in [5, 5.41) is 0. The van der Waals surface area contributed by atoms with Crippen LogP contribution in [0.3, 0.4) is 0 Å². The van der Waals surface area contributed by atoms with Gasteiger partial charge in [-0.2, -0.15) is 0 Å². The monoisotopic (exact) mass is 304 g/mol. The van der Waals surface area contributed by atoms with Crippen molar-refractivity contribution in [1.29, 1.82) is 0 Å². The van der Waals surface area contributed by atoms with E-state index < -0.39 is 0 Å². The van der Waals surface area contributed by atoms with E-state index in [9.17, 15) is 0 Å². The molecule has 0 heteroatoms. The van der Waals surface area contributed by atoms with Crippen molar-refractivity contribution in [2.75, 3.05) is 0 Å². The molecule has 22 heavy (non-hydrogen) atoms. The molecule has 0 amide bonds. The fourth-order valence-corrected chi connectivity index (χ4v) is 6.48. The summed E-state index contributed by atoms with van der Waals surface area (Å²) in [7, 11) is 0. The summed E-state index contributed by atoms with van der Waals surface area (Å²) < 4.78 is 0. The van der Waals surface area contributed by atoms with Gasteiger partial charge in [0.15, 0.2) is 0 Å². The molecule has 4 rings (SSSR count). The van der Waals surface area contributed by atoms with E-state index in [-0.39, 0.29) is 0 Å². The van der Waals surface area contributed by atoms with Crippen LogP contribution in [0.5, 0.6) is 0 Å². The summed E-state index contributed by atoms with van der Waals surface area (Å²) in [6.45, 7) is 9.36. The molecule has 4 aliphatic carbocycles. The van der Waals surface area contributed by atoms with Gasteiger partial charge in [0.05, 0.1) is 0 Å². The number of hydrogen-bond acceptors (Lipinski definition) is 0. The molecule has 0 nitrogen and oxygen atoms in total. The SMILES string of the molecule is CCC1CC2(C1)CC(CC)C2.CCC1CC2(C1)CC(CC)C2. The molecular formula is C22H40. The van der Waals surface area contributed by atoms with E-state index in [0.717, 1.165) is 34.5 Å². The largest absolute Gasteiger partial charge is 0.0651 e. The first-order valence-electron chi connectivity index (χ1n) is 10.6. The van der Waals surface area contributed by atoms with Crippen LogP contribution in [0.25, 0.3) is 0 Å². The Morgan fingerprint density at radius 1 is 0.455 bits per heavy atom. The second kappa shape index (κ2) is 6.48. The molecule has 0 aromatic carbocycles. The van der Waals surface area contributed by atoms with Crippen LogP contribution < -0.4 is 0 Å². The zero-order valence-electron chi connectivity index (χ0n) is 15.8. The zero-order valence-corrected chi connectivity index (χ0v) is 15.8. The third kappa shape index (κ3) is 3.13. The Labute approximate surface area is 139 Å². The summed E-state index contributed by atoms with van der Waals surface area (Å²) in [5.41, 5.74) is 1.78. The Balaban J connectivity index is 0.000000131. The van der Waals surface area contributed by atoms with E-state index in [4.69, 9.17) is 0 Å². The maximum atomic E-state index is 2.34. The lowest BCUT2D eigenvalue weighted by Gasteiger charge is -2.58. The van der Waals surface area contributed by atoms with Crippen molar-refractivity contribution in [1.82, 2.24) is 0 Å². The molecule has 128 valence electrons. The molecule has 0 aliphatic heterocycles. The van der Waals surface area contributed by atoms with Crippen molar-refractivity contribution in [3.63, 3.8) is 0 Å². The van der Waals surface area contributed by atoms with Gasteiger partial charge in [-0.3, -0.25) is 0 Å². The summed E-state index contributed by atoms with van der Waals surface area (Å²) in [5.74, 6) is 4.42. The van der Waals surface area contributed by atoms with Crippen LogP contribution in [0.4, 0.5) is 0 Å². The van der Waals surface area contributed by atoms with Gasteiger partial charge in [0.2, 0.25) is 0 Å². The lowest BCUT2D eigenvalue weighted by atomic mass is 9.47. The molecule has 2 spiro atoms. The van der Waals surface area contributed by atoms with Crippen molar-refractivity contribution < 1.29 is 0 Å². The minimum atomic E-state index is 0.890. The predicted molar refractivity (Wildman–Crippen MR) is 96.9 cm³/mol. The van der Waals surface area contributed by atoms with Crippen molar-refractivity contribution in [3.05, 3.63) is 0 Å². The maximum Gasteiger partial charge on any atom is -0.0287 e. The molecule has 0 unspecified atom stereocenters. The quantitative estimate of drug-likeness (QED) is 0.514. The predicted octanol–water partition coefficient (Wildman–Crippen LogP) is 7.23. The molecule has 0 aromatic heterocycles. The fraction of sp³-hybridized carbons (Fsp3) is 1.00. The molecule has 0 saturated heterocycles. The smallest absolute Gasteiger partial charge is 0.0287 e. The van der Waals surface area contributed by atoms with Crippen LogP contribution in [0.15, 0.2) is 0 Å². The highest BCUT2D eigenvalue weighted by atomic mass is 14.6. The normalized spacial score (nSPS) is 48.5. The first kappa shape index (κ1) is 16.8. The van der Waals surface area contributed by atoms with E-state index in [1.54, 1.807) is 51.4 Å². The van der Waals surface area contributed by atoms with Gasteiger partial charge >= 0.3 is 0 Å². The molecule has 4 aliphatic rings. The molecular weight excluding hydrogens is 264 g/mol. The first-order chi connectivity index (χ1) is 10.6. The lowest BCUT2D eigenvalue weighted by Crippen LogP contribution is -2.47. The summed E-state index contributed by atoms with van der Waals surface area (Å²) in [6, 6.07) is 0. The summed E-state index contributed by atoms with van der Waals surface area (Å²) >= 11 is 0. The van der Waals surface area contributed by atoms with Crippen LogP contribution in [-0.4, -0.2) is 0 Å². The Morgan fingerprint density at radius 3 is 0.773 bits per heavy atom. The van der Waals surface area contributed by atoms with Crippen LogP contribution in [0.2, 0.25) is 0 Å². The Bertz CT molecular complexity index is 265. The third-order valence-corrected chi connectivity index (χ3v) is 8.08. The van der Waals surface area contributed by atoms with E-state index in [2.05, 4.69) is 27.7 Å². The average molecular weight is 305 g/mol. The average Bonchev–Trinajstić information content (AvgIpc) is 2.34. The molecule has 0 atom stereocenters.